The number of Topliss-reactive ketones (excluding diaryl/α,β-unsaturated/α-hetero) is 1. The summed E-state index contributed by atoms with van der Waals surface area (Å²) in [6.45, 7) is 2.57. The van der Waals surface area contributed by atoms with Gasteiger partial charge in [0, 0.05) is 41.9 Å². The summed E-state index contributed by atoms with van der Waals surface area (Å²) in [7, 11) is 0. The van der Waals surface area contributed by atoms with Crippen LogP contribution >= 0.6 is 0 Å². The predicted molar refractivity (Wildman–Crippen MR) is 123 cm³/mol. The van der Waals surface area contributed by atoms with Crippen LogP contribution in [0.1, 0.15) is 29.6 Å². The summed E-state index contributed by atoms with van der Waals surface area (Å²) in [5.74, 6) is -0.260. The van der Waals surface area contributed by atoms with Crippen LogP contribution in [-0.4, -0.2) is 53.4 Å². The van der Waals surface area contributed by atoms with Gasteiger partial charge in [0.25, 0.3) is 11.7 Å². The zero-order valence-corrected chi connectivity index (χ0v) is 18.2. The zero-order chi connectivity index (χ0) is 22.8. The third kappa shape index (κ3) is 4.28. The first-order chi connectivity index (χ1) is 16.1. The molecule has 3 aromatic rings. The molecule has 0 unspecified atom stereocenters. The lowest BCUT2D eigenvalue weighted by Crippen LogP contribution is -2.37. The number of ketones is 1. The minimum absolute atomic E-state index is 0.0233. The molecule has 8 heteroatoms. The van der Waals surface area contributed by atoms with Gasteiger partial charge in [0.05, 0.1) is 5.56 Å². The van der Waals surface area contributed by atoms with Crippen molar-refractivity contribution in [1.29, 1.82) is 0 Å². The summed E-state index contributed by atoms with van der Waals surface area (Å²) >= 11 is 0. The van der Waals surface area contributed by atoms with Crippen LogP contribution < -0.4 is 14.8 Å². The van der Waals surface area contributed by atoms with Crippen molar-refractivity contribution in [2.45, 2.75) is 25.8 Å². The number of fused-ring (bicyclic) bond motifs is 2. The minimum atomic E-state index is -0.753. The van der Waals surface area contributed by atoms with Gasteiger partial charge in [0.2, 0.25) is 5.91 Å². The third-order valence-corrected chi connectivity index (χ3v) is 6.05. The van der Waals surface area contributed by atoms with Gasteiger partial charge in [0.1, 0.15) is 19.8 Å². The van der Waals surface area contributed by atoms with E-state index in [1.54, 1.807) is 35.0 Å². The number of carbonyl (C=O) groups is 3. The van der Waals surface area contributed by atoms with E-state index in [0.29, 0.717) is 35.8 Å². The van der Waals surface area contributed by atoms with Crippen molar-refractivity contribution in [3.63, 3.8) is 0 Å². The second kappa shape index (κ2) is 8.97. The molecule has 2 aliphatic heterocycles. The smallest absolute Gasteiger partial charge is 0.296 e. The van der Waals surface area contributed by atoms with Crippen LogP contribution in [0.25, 0.3) is 10.9 Å². The summed E-state index contributed by atoms with van der Waals surface area (Å²) in [6.07, 6.45) is 4.79. The first-order valence-electron chi connectivity index (χ1n) is 11.2. The molecule has 0 atom stereocenters. The molecular weight excluding hydrogens is 422 g/mol. The van der Waals surface area contributed by atoms with E-state index in [1.165, 1.54) is 0 Å². The highest BCUT2D eigenvalue weighted by atomic mass is 16.6. The van der Waals surface area contributed by atoms with Crippen molar-refractivity contribution in [3.8, 4) is 11.5 Å². The Kier molecular flexibility index (Phi) is 5.73. The molecule has 0 saturated carbocycles. The maximum Gasteiger partial charge on any atom is 0.296 e. The predicted octanol–water partition coefficient (Wildman–Crippen LogP) is 3.25. The van der Waals surface area contributed by atoms with Crippen LogP contribution in [0, 0.1) is 0 Å². The molecule has 1 fully saturated rings. The Bertz CT molecular complexity index is 1230. The number of aromatic nitrogens is 1. The normalized spacial score (nSPS) is 15.3. The Hall–Kier alpha value is -3.81. The molecule has 33 heavy (non-hydrogen) atoms. The van der Waals surface area contributed by atoms with Crippen LogP contribution in [0.3, 0.4) is 0 Å². The zero-order valence-electron chi connectivity index (χ0n) is 18.2. The number of carbonyl (C=O) groups excluding carboxylic acids is 3. The van der Waals surface area contributed by atoms with Crippen LogP contribution in [0.2, 0.25) is 0 Å². The molecule has 0 radical (unpaired) electrons. The lowest BCUT2D eigenvalue weighted by molar-refractivity contribution is -0.132. The number of hydrogen-bond acceptors (Lipinski definition) is 5. The Morgan fingerprint density at radius 3 is 2.48 bits per heavy atom. The Labute approximate surface area is 191 Å². The molecule has 1 aromatic heterocycles. The summed E-state index contributed by atoms with van der Waals surface area (Å²) in [5.41, 5.74) is 1.46. The molecule has 0 bridgehead atoms. The number of piperidine rings is 1. The molecule has 2 amide bonds. The number of ether oxygens (including phenoxy) is 2. The number of hydrogen-bond donors (Lipinski definition) is 1. The fraction of sp³-hybridized carbons (Fsp3) is 0.320. The highest BCUT2D eigenvalue weighted by Crippen LogP contribution is 2.32. The fourth-order valence-corrected chi connectivity index (χ4v) is 4.38. The molecule has 0 spiro atoms. The maximum absolute atomic E-state index is 13.1. The van der Waals surface area contributed by atoms with Gasteiger partial charge >= 0.3 is 0 Å². The van der Waals surface area contributed by atoms with E-state index in [-0.39, 0.29) is 18.0 Å². The molecule has 2 aliphatic rings. The van der Waals surface area contributed by atoms with Crippen molar-refractivity contribution in [2.75, 3.05) is 31.6 Å². The van der Waals surface area contributed by atoms with E-state index in [1.807, 2.05) is 23.1 Å². The van der Waals surface area contributed by atoms with Crippen molar-refractivity contribution >= 4 is 34.2 Å². The van der Waals surface area contributed by atoms with E-state index in [4.69, 9.17) is 9.47 Å². The van der Waals surface area contributed by atoms with E-state index in [0.717, 1.165) is 37.9 Å². The second-order valence-corrected chi connectivity index (χ2v) is 8.27. The maximum atomic E-state index is 13.1. The number of anilines is 1. The van der Waals surface area contributed by atoms with Crippen LogP contribution in [0.5, 0.6) is 11.5 Å². The quantitative estimate of drug-likeness (QED) is 0.479. The van der Waals surface area contributed by atoms with E-state index >= 15 is 0 Å². The number of likely N-dealkylation sites (tertiary alicyclic amines) is 1. The number of para-hydroxylation sites is 1. The summed E-state index contributed by atoms with van der Waals surface area (Å²) in [5, 5.41) is 3.29. The molecule has 1 N–H and O–H groups in total. The van der Waals surface area contributed by atoms with E-state index in [9.17, 15) is 14.4 Å². The fourth-order valence-electron chi connectivity index (χ4n) is 4.38. The van der Waals surface area contributed by atoms with Gasteiger partial charge in [-0.15, -0.1) is 0 Å². The monoisotopic (exact) mass is 447 g/mol. The topological polar surface area (TPSA) is 89.9 Å². The second-order valence-electron chi connectivity index (χ2n) is 8.27. The number of rotatable bonds is 5. The molecular formula is C25H25N3O5. The highest BCUT2D eigenvalue weighted by Gasteiger charge is 2.24. The van der Waals surface area contributed by atoms with Crippen LogP contribution in [-0.2, 0) is 16.1 Å². The van der Waals surface area contributed by atoms with E-state index < -0.39 is 11.7 Å². The third-order valence-electron chi connectivity index (χ3n) is 6.05. The Morgan fingerprint density at radius 1 is 0.909 bits per heavy atom. The van der Waals surface area contributed by atoms with Crippen molar-refractivity contribution in [3.05, 3.63) is 54.2 Å². The van der Waals surface area contributed by atoms with Gasteiger partial charge in [-0.2, -0.15) is 0 Å². The lowest BCUT2D eigenvalue weighted by atomic mass is 10.1. The molecule has 0 aliphatic carbocycles. The summed E-state index contributed by atoms with van der Waals surface area (Å²) < 4.78 is 12.8. The SMILES string of the molecule is O=C(Nc1ccc2c(c1)OCCO2)C(=O)c1cn(CC(=O)N2CCCCC2)c2ccccc12. The number of nitrogens with one attached hydrogen (secondary N) is 1. The molecule has 3 heterocycles. The largest absolute Gasteiger partial charge is 0.486 e. The highest BCUT2D eigenvalue weighted by molar-refractivity contribution is 6.48. The lowest BCUT2D eigenvalue weighted by Gasteiger charge is -2.27. The first kappa shape index (κ1) is 21.1. The van der Waals surface area contributed by atoms with E-state index in [2.05, 4.69) is 5.32 Å². The Morgan fingerprint density at radius 2 is 1.67 bits per heavy atom. The van der Waals surface area contributed by atoms with Gasteiger partial charge in [-0.05, 0) is 37.5 Å². The standard InChI is InChI=1S/C25H25N3O5/c29-23(27-10-4-1-5-11-27)16-28-15-19(18-6-2-3-7-20(18)28)24(30)25(31)26-17-8-9-21-22(14-17)33-13-12-32-21/h2-3,6-9,14-15H,1,4-5,10-13,16H2,(H,26,31). The molecule has 1 saturated heterocycles. The van der Waals surface area contributed by atoms with Gasteiger partial charge in [0.15, 0.2) is 11.5 Å². The van der Waals surface area contributed by atoms with Crippen molar-refractivity contribution < 1.29 is 23.9 Å². The number of amides is 2. The number of benzene rings is 2. The van der Waals surface area contributed by atoms with Gasteiger partial charge in [-0.3, -0.25) is 14.4 Å². The van der Waals surface area contributed by atoms with Gasteiger partial charge in [-0.1, -0.05) is 18.2 Å². The number of nitrogens with zero attached hydrogens (tertiary/aromatic N) is 2. The average Bonchev–Trinajstić information content (AvgIpc) is 3.22. The molecule has 8 nitrogen and oxygen atoms in total. The van der Waals surface area contributed by atoms with Crippen LogP contribution in [0.4, 0.5) is 5.69 Å². The molecule has 2 aromatic carbocycles. The minimum Gasteiger partial charge on any atom is -0.486 e. The molecule has 5 rings (SSSR count). The summed E-state index contributed by atoms with van der Waals surface area (Å²) in [6, 6.07) is 12.3. The average molecular weight is 447 g/mol. The Balaban J connectivity index is 1.37. The van der Waals surface area contributed by atoms with Gasteiger partial charge in [-0.25, -0.2) is 0 Å². The van der Waals surface area contributed by atoms with Gasteiger partial charge < -0.3 is 24.3 Å². The van der Waals surface area contributed by atoms with Crippen molar-refractivity contribution in [2.24, 2.45) is 0 Å². The van der Waals surface area contributed by atoms with Crippen molar-refractivity contribution in [1.82, 2.24) is 9.47 Å². The first-order valence-corrected chi connectivity index (χ1v) is 11.2. The summed E-state index contributed by atoms with van der Waals surface area (Å²) in [4.78, 5) is 40.5. The van der Waals surface area contributed by atoms with Crippen LogP contribution in [0.15, 0.2) is 48.7 Å². The molecule has 170 valence electrons.